The van der Waals surface area contributed by atoms with Crippen LogP contribution in [0.15, 0.2) is 59.1 Å². The summed E-state index contributed by atoms with van der Waals surface area (Å²) >= 11 is 3.30. The fraction of sp³-hybridized carbons (Fsp3) is 0.105. The van der Waals surface area contributed by atoms with E-state index < -0.39 is 5.91 Å². The lowest BCUT2D eigenvalue weighted by Gasteiger charge is -2.26. The monoisotopic (exact) mass is 414 g/mol. The lowest BCUT2D eigenvalue weighted by Crippen LogP contribution is -2.35. The summed E-state index contributed by atoms with van der Waals surface area (Å²) in [5, 5.41) is 2.67. The number of ketones is 1. The van der Waals surface area contributed by atoms with Gasteiger partial charge in [-0.2, -0.15) is 0 Å². The van der Waals surface area contributed by atoms with Crippen molar-refractivity contribution in [2.24, 2.45) is 0 Å². The lowest BCUT2D eigenvalue weighted by atomic mass is 10.1. The Morgan fingerprint density at radius 2 is 1.88 bits per heavy atom. The van der Waals surface area contributed by atoms with Crippen molar-refractivity contribution in [2.45, 2.75) is 0 Å². The van der Waals surface area contributed by atoms with E-state index in [0.29, 0.717) is 22.7 Å². The number of halogens is 1. The van der Waals surface area contributed by atoms with E-state index in [-0.39, 0.29) is 18.3 Å². The number of anilines is 2. The Hall–Kier alpha value is -2.93. The van der Waals surface area contributed by atoms with Crippen molar-refractivity contribution in [3.63, 3.8) is 0 Å². The molecule has 2 aromatic rings. The van der Waals surface area contributed by atoms with Gasteiger partial charge in [0.2, 0.25) is 5.91 Å². The molecule has 3 rings (SSSR count). The maximum atomic E-state index is 12.0. The quantitative estimate of drug-likeness (QED) is 0.615. The van der Waals surface area contributed by atoms with Gasteiger partial charge in [0.15, 0.2) is 12.4 Å². The molecule has 7 heteroatoms. The number of fused-ring (bicyclic) bond motifs is 1. The third kappa shape index (κ3) is 4.00. The number of hydrogen-bond donors (Lipinski definition) is 1. The maximum Gasteiger partial charge on any atom is 0.264 e. The molecule has 0 fully saturated rings. The standard InChI is InChI=1S/C19H15BrN2O4/c1-22-15-7-6-14(10-17(15)26-11-19(22)25)21-18(24)9-8-16(23)12-2-4-13(20)5-3-12/h2-10H,11H2,1H3,(H,21,24)/b9-8+. The first kappa shape index (κ1) is 17.9. The number of carbonyl (C=O) groups is 3. The molecule has 132 valence electrons. The highest BCUT2D eigenvalue weighted by molar-refractivity contribution is 9.10. The van der Waals surface area contributed by atoms with E-state index in [2.05, 4.69) is 21.2 Å². The summed E-state index contributed by atoms with van der Waals surface area (Å²) < 4.78 is 6.25. The number of allylic oxidation sites excluding steroid dienone is 1. The number of rotatable bonds is 4. The van der Waals surface area contributed by atoms with E-state index >= 15 is 0 Å². The van der Waals surface area contributed by atoms with E-state index in [4.69, 9.17) is 4.74 Å². The molecule has 0 bridgehead atoms. The number of benzene rings is 2. The van der Waals surface area contributed by atoms with Gasteiger partial charge in [0.05, 0.1) is 5.69 Å². The predicted octanol–water partition coefficient (Wildman–Crippen LogP) is 3.18. The molecule has 26 heavy (non-hydrogen) atoms. The van der Waals surface area contributed by atoms with E-state index in [1.54, 1.807) is 49.5 Å². The Bertz CT molecular complexity index is 906. The first-order valence-electron chi connectivity index (χ1n) is 7.76. The van der Waals surface area contributed by atoms with E-state index in [9.17, 15) is 14.4 Å². The third-order valence-electron chi connectivity index (χ3n) is 3.83. The minimum absolute atomic E-state index is 0.0392. The minimum Gasteiger partial charge on any atom is -0.481 e. The fourth-order valence-electron chi connectivity index (χ4n) is 2.40. The van der Waals surface area contributed by atoms with Crippen LogP contribution < -0.4 is 15.0 Å². The first-order chi connectivity index (χ1) is 12.4. The molecular formula is C19H15BrN2O4. The molecule has 0 saturated heterocycles. The van der Waals surface area contributed by atoms with Gasteiger partial charge in [-0.15, -0.1) is 0 Å². The molecule has 0 atom stereocenters. The molecule has 0 unspecified atom stereocenters. The molecular weight excluding hydrogens is 400 g/mol. The van der Waals surface area contributed by atoms with Gasteiger partial charge in [0.1, 0.15) is 5.75 Å². The van der Waals surface area contributed by atoms with Crippen LogP contribution in [0.25, 0.3) is 0 Å². The fourth-order valence-corrected chi connectivity index (χ4v) is 2.67. The number of nitrogens with one attached hydrogen (secondary N) is 1. The molecule has 0 radical (unpaired) electrons. The number of carbonyl (C=O) groups excluding carboxylic acids is 3. The molecule has 0 saturated carbocycles. The molecule has 0 spiro atoms. The highest BCUT2D eigenvalue weighted by Crippen LogP contribution is 2.33. The highest BCUT2D eigenvalue weighted by atomic mass is 79.9. The molecule has 6 nitrogen and oxygen atoms in total. The van der Waals surface area contributed by atoms with Crippen molar-refractivity contribution in [2.75, 3.05) is 23.9 Å². The van der Waals surface area contributed by atoms with Crippen LogP contribution in [0, 0.1) is 0 Å². The Labute approximate surface area is 158 Å². The molecule has 1 N–H and O–H groups in total. The Morgan fingerprint density at radius 1 is 1.15 bits per heavy atom. The SMILES string of the molecule is CN1C(=O)COc2cc(NC(=O)/C=C/C(=O)c3ccc(Br)cc3)ccc21. The summed E-state index contributed by atoms with van der Waals surface area (Å²) in [5.41, 5.74) is 1.64. The summed E-state index contributed by atoms with van der Waals surface area (Å²) in [7, 11) is 1.67. The molecule has 1 aliphatic rings. The van der Waals surface area contributed by atoms with Crippen LogP contribution in [0.2, 0.25) is 0 Å². The molecule has 1 aliphatic heterocycles. The second-order valence-electron chi connectivity index (χ2n) is 5.62. The van der Waals surface area contributed by atoms with E-state index in [1.807, 2.05) is 0 Å². The second-order valence-corrected chi connectivity index (χ2v) is 6.53. The van der Waals surface area contributed by atoms with Gasteiger partial charge in [-0.25, -0.2) is 0 Å². The summed E-state index contributed by atoms with van der Waals surface area (Å²) in [6.45, 7) is -0.0392. The van der Waals surface area contributed by atoms with Gasteiger partial charge < -0.3 is 15.0 Å². The summed E-state index contributed by atoms with van der Waals surface area (Å²) in [6, 6.07) is 11.9. The van der Waals surface area contributed by atoms with Crippen LogP contribution in [0.4, 0.5) is 11.4 Å². The third-order valence-corrected chi connectivity index (χ3v) is 4.36. The van der Waals surface area contributed by atoms with Crippen molar-refractivity contribution in [1.29, 1.82) is 0 Å². The van der Waals surface area contributed by atoms with Crippen LogP contribution >= 0.6 is 15.9 Å². The van der Waals surface area contributed by atoms with Crippen molar-refractivity contribution >= 4 is 44.9 Å². The van der Waals surface area contributed by atoms with Gasteiger partial charge in [-0.1, -0.05) is 15.9 Å². The van der Waals surface area contributed by atoms with Crippen LogP contribution in [0.5, 0.6) is 5.75 Å². The van der Waals surface area contributed by atoms with Crippen molar-refractivity contribution < 1.29 is 19.1 Å². The normalized spacial score (nSPS) is 13.3. The highest BCUT2D eigenvalue weighted by Gasteiger charge is 2.22. The van der Waals surface area contributed by atoms with E-state index in [0.717, 1.165) is 4.47 Å². The minimum atomic E-state index is -0.435. The van der Waals surface area contributed by atoms with Crippen LogP contribution in [0.3, 0.4) is 0 Å². The molecule has 0 aromatic heterocycles. The number of nitrogens with zero attached hydrogens (tertiary/aromatic N) is 1. The smallest absolute Gasteiger partial charge is 0.264 e. The number of ether oxygens (including phenoxy) is 1. The molecule has 1 heterocycles. The van der Waals surface area contributed by atoms with Crippen molar-refractivity contribution in [3.8, 4) is 5.75 Å². The van der Waals surface area contributed by atoms with Gasteiger partial charge in [-0.3, -0.25) is 14.4 Å². The predicted molar refractivity (Wildman–Crippen MR) is 102 cm³/mol. The Kier molecular flexibility index (Phi) is 5.18. The van der Waals surface area contributed by atoms with Crippen LogP contribution in [-0.4, -0.2) is 31.3 Å². The van der Waals surface area contributed by atoms with Crippen LogP contribution in [-0.2, 0) is 9.59 Å². The summed E-state index contributed by atoms with van der Waals surface area (Å²) in [6.07, 6.45) is 2.40. The average Bonchev–Trinajstić information content (AvgIpc) is 2.63. The largest absolute Gasteiger partial charge is 0.481 e. The lowest BCUT2D eigenvalue weighted by molar-refractivity contribution is -0.121. The number of hydrogen-bond acceptors (Lipinski definition) is 4. The average molecular weight is 415 g/mol. The molecule has 0 aliphatic carbocycles. The maximum absolute atomic E-state index is 12.0. The van der Waals surface area contributed by atoms with Crippen molar-refractivity contribution in [3.05, 3.63) is 64.7 Å². The molecule has 2 aromatic carbocycles. The zero-order chi connectivity index (χ0) is 18.7. The van der Waals surface area contributed by atoms with Gasteiger partial charge in [-0.05, 0) is 42.5 Å². The summed E-state index contributed by atoms with van der Waals surface area (Å²) in [5.74, 6) is -0.319. The first-order valence-corrected chi connectivity index (χ1v) is 8.56. The number of amides is 2. The van der Waals surface area contributed by atoms with E-state index in [1.165, 1.54) is 17.1 Å². The Balaban J connectivity index is 1.66. The van der Waals surface area contributed by atoms with Crippen LogP contribution in [0.1, 0.15) is 10.4 Å². The van der Waals surface area contributed by atoms with Gasteiger partial charge in [0.25, 0.3) is 5.91 Å². The van der Waals surface area contributed by atoms with Gasteiger partial charge >= 0.3 is 0 Å². The summed E-state index contributed by atoms with van der Waals surface area (Å²) in [4.78, 5) is 37.1. The topological polar surface area (TPSA) is 75.7 Å². The zero-order valence-electron chi connectivity index (χ0n) is 13.9. The Morgan fingerprint density at radius 3 is 2.62 bits per heavy atom. The number of likely N-dealkylation sites (N-methyl/N-ethyl adjacent to an activating group) is 1. The zero-order valence-corrected chi connectivity index (χ0v) is 15.4. The molecule has 2 amide bonds. The van der Waals surface area contributed by atoms with Gasteiger partial charge in [0, 0.05) is 34.9 Å². The van der Waals surface area contributed by atoms with Crippen molar-refractivity contribution in [1.82, 2.24) is 0 Å². The second kappa shape index (κ2) is 7.53.